The maximum absolute atomic E-state index is 12.8. The topological polar surface area (TPSA) is 85.9 Å². The zero-order valence-corrected chi connectivity index (χ0v) is 23.5. The predicted octanol–water partition coefficient (Wildman–Crippen LogP) is 4.41. The average molecular weight is 503 g/mol. The molecule has 8 heteroatoms. The zero-order chi connectivity index (χ0) is 26.2. The molecule has 35 heavy (non-hydrogen) atoms. The third kappa shape index (κ3) is 7.25. The first kappa shape index (κ1) is 28.7. The normalized spacial score (nSPS) is 18.1. The van der Waals surface area contributed by atoms with Gasteiger partial charge >= 0.3 is 0 Å². The van der Waals surface area contributed by atoms with E-state index in [1.807, 2.05) is 12.1 Å². The van der Waals surface area contributed by atoms with Gasteiger partial charge in [0.2, 0.25) is 5.91 Å². The van der Waals surface area contributed by atoms with Gasteiger partial charge in [-0.25, -0.2) is 0 Å². The van der Waals surface area contributed by atoms with Gasteiger partial charge in [-0.15, -0.1) is 5.54 Å². The van der Waals surface area contributed by atoms with Crippen molar-refractivity contribution < 1.29 is 23.8 Å². The number of hydrogen-bond acceptors (Lipinski definition) is 5. The van der Waals surface area contributed by atoms with Crippen LogP contribution in [-0.4, -0.2) is 46.9 Å². The Morgan fingerprint density at radius 1 is 1.09 bits per heavy atom. The molecule has 0 spiro atoms. The highest BCUT2D eigenvalue weighted by molar-refractivity contribution is 6.90. The van der Waals surface area contributed by atoms with Crippen molar-refractivity contribution in [2.75, 3.05) is 20.8 Å². The Kier molecular flexibility index (Phi) is 10.7. The van der Waals surface area contributed by atoms with Gasteiger partial charge in [-0.3, -0.25) is 9.59 Å². The maximum atomic E-state index is 12.8. The molecule has 1 aliphatic heterocycles. The Morgan fingerprint density at radius 2 is 1.74 bits per heavy atom. The third-order valence-electron chi connectivity index (χ3n) is 7.15. The standard InChI is InChI=1S/C27H42N2O5Si/c1-18(2)35(19(3)4,20(5)6)14-12-25(30)29-26-15-21(11-13-34-26)27(31)28-17-22-9-10-23(32-7)16-24(22)33-8/h9-10,16,18-21,26H,11,13,15,17H2,1-8H3,(H,28,31)(H,29,30). The summed E-state index contributed by atoms with van der Waals surface area (Å²) in [6.07, 6.45) is 0.499. The first-order valence-corrected chi connectivity index (χ1v) is 14.7. The number of ether oxygens (including phenoxy) is 3. The molecule has 1 heterocycles. The van der Waals surface area contributed by atoms with Crippen molar-refractivity contribution in [3.63, 3.8) is 0 Å². The molecule has 0 bridgehead atoms. The lowest BCUT2D eigenvalue weighted by Crippen LogP contribution is -2.45. The van der Waals surface area contributed by atoms with Crippen molar-refractivity contribution in [2.45, 2.75) is 83.8 Å². The van der Waals surface area contributed by atoms with Crippen LogP contribution in [0.4, 0.5) is 0 Å². The lowest BCUT2D eigenvalue weighted by Gasteiger charge is -2.38. The van der Waals surface area contributed by atoms with E-state index >= 15 is 0 Å². The van der Waals surface area contributed by atoms with Crippen molar-refractivity contribution in [2.24, 2.45) is 5.92 Å². The maximum Gasteiger partial charge on any atom is 0.297 e. The van der Waals surface area contributed by atoms with Crippen LogP contribution < -0.4 is 20.1 Å². The third-order valence-corrected chi connectivity index (χ3v) is 13.4. The molecule has 1 aromatic carbocycles. The number of nitrogens with one attached hydrogen (secondary N) is 2. The minimum absolute atomic E-state index is 0.0673. The Morgan fingerprint density at radius 3 is 2.31 bits per heavy atom. The molecule has 194 valence electrons. The van der Waals surface area contributed by atoms with Gasteiger partial charge in [0, 0.05) is 37.1 Å². The van der Waals surface area contributed by atoms with Crippen molar-refractivity contribution in [1.29, 1.82) is 0 Å². The van der Waals surface area contributed by atoms with Crippen molar-refractivity contribution in [3.05, 3.63) is 23.8 Å². The molecule has 2 N–H and O–H groups in total. The summed E-state index contributed by atoms with van der Waals surface area (Å²) in [7, 11) is 1.20. The molecule has 0 aliphatic carbocycles. The molecule has 0 saturated carbocycles. The number of hydrogen-bond donors (Lipinski definition) is 2. The van der Waals surface area contributed by atoms with Crippen LogP contribution in [0.5, 0.6) is 11.5 Å². The van der Waals surface area contributed by atoms with Gasteiger partial charge in [0.15, 0.2) is 0 Å². The van der Waals surface area contributed by atoms with Crippen LogP contribution in [0.3, 0.4) is 0 Å². The van der Waals surface area contributed by atoms with Gasteiger partial charge in [0.05, 0.1) is 14.2 Å². The van der Waals surface area contributed by atoms with Crippen molar-refractivity contribution in [1.82, 2.24) is 10.6 Å². The molecular formula is C27H42N2O5Si. The fourth-order valence-electron chi connectivity index (χ4n) is 5.24. The SMILES string of the molecule is COc1ccc(CNC(=O)C2CCOC(NC(=O)C#C[Si](C(C)C)(C(C)C)C(C)C)C2)c(OC)c1. The summed E-state index contributed by atoms with van der Waals surface area (Å²) in [5.41, 5.74) is 5.65. The summed E-state index contributed by atoms with van der Waals surface area (Å²) in [6.45, 7) is 14.0. The van der Waals surface area contributed by atoms with E-state index in [9.17, 15) is 9.59 Å². The summed E-state index contributed by atoms with van der Waals surface area (Å²) in [5, 5.41) is 5.86. The van der Waals surface area contributed by atoms with Crippen LogP contribution in [0.25, 0.3) is 0 Å². The summed E-state index contributed by atoms with van der Waals surface area (Å²) in [6, 6.07) is 5.50. The second-order valence-electron chi connectivity index (χ2n) is 10.1. The van der Waals surface area contributed by atoms with Crippen LogP contribution >= 0.6 is 0 Å². The Labute approximate surface area is 211 Å². The fraction of sp³-hybridized carbons (Fsp3) is 0.630. The average Bonchev–Trinajstić information content (AvgIpc) is 2.82. The van der Waals surface area contributed by atoms with Crippen LogP contribution in [0.1, 0.15) is 59.9 Å². The zero-order valence-electron chi connectivity index (χ0n) is 22.5. The summed E-state index contributed by atoms with van der Waals surface area (Å²) in [5.74, 6) is 3.58. The van der Waals surface area contributed by atoms with Gasteiger partial charge in [-0.05, 0) is 41.1 Å². The number of carbonyl (C=O) groups excluding carboxylic acids is 2. The van der Waals surface area contributed by atoms with Gasteiger partial charge in [-0.1, -0.05) is 41.5 Å². The second kappa shape index (κ2) is 13.0. The Hall–Kier alpha value is -2.50. The van der Waals surface area contributed by atoms with Gasteiger partial charge < -0.3 is 24.8 Å². The molecule has 2 amide bonds. The van der Waals surface area contributed by atoms with Gasteiger partial charge in [0.25, 0.3) is 5.91 Å². The highest BCUT2D eigenvalue weighted by atomic mass is 28.3. The quantitative estimate of drug-likeness (QED) is 0.386. The van der Waals surface area contributed by atoms with E-state index in [0.717, 1.165) is 5.56 Å². The molecule has 7 nitrogen and oxygen atoms in total. The van der Waals surface area contributed by atoms with Crippen LogP contribution in [0.2, 0.25) is 16.6 Å². The van der Waals surface area contributed by atoms with Crippen molar-refractivity contribution in [3.8, 4) is 23.0 Å². The Bertz CT molecular complexity index is 913. The van der Waals surface area contributed by atoms with E-state index in [2.05, 4.69) is 63.6 Å². The van der Waals surface area contributed by atoms with Crippen LogP contribution in [0.15, 0.2) is 18.2 Å². The van der Waals surface area contributed by atoms with E-state index in [-0.39, 0.29) is 17.7 Å². The van der Waals surface area contributed by atoms with E-state index in [4.69, 9.17) is 14.2 Å². The fourth-order valence-corrected chi connectivity index (χ4v) is 10.4. The number of benzene rings is 1. The molecule has 2 atom stereocenters. The number of amides is 2. The van der Waals surface area contributed by atoms with Crippen LogP contribution in [-0.2, 0) is 20.9 Å². The smallest absolute Gasteiger partial charge is 0.297 e. The minimum atomic E-state index is -1.99. The van der Waals surface area contributed by atoms with Crippen LogP contribution in [0, 0.1) is 17.4 Å². The molecule has 1 aromatic rings. The number of methoxy groups -OCH3 is 2. The highest BCUT2D eigenvalue weighted by Gasteiger charge is 2.42. The first-order chi connectivity index (χ1) is 16.5. The van der Waals surface area contributed by atoms with Crippen molar-refractivity contribution >= 4 is 19.9 Å². The Balaban J connectivity index is 1.98. The largest absolute Gasteiger partial charge is 0.497 e. The van der Waals surface area contributed by atoms with Gasteiger partial charge in [-0.2, -0.15) is 0 Å². The monoisotopic (exact) mass is 502 g/mol. The van der Waals surface area contributed by atoms with E-state index in [1.54, 1.807) is 20.3 Å². The summed E-state index contributed by atoms with van der Waals surface area (Å²) >= 11 is 0. The predicted molar refractivity (Wildman–Crippen MR) is 141 cm³/mol. The summed E-state index contributed by atoms with van der Waals surface area (Å²) in [4.78, 5) is 25.5. The molecule has 0 aromatic heterocycles. The molecular weight excluding hydrogens is 460 g/mol. The lowest BCUT2D eigenvalue weighted by molar-refractivity contribution is -0.134. The minimum Gasteiger partial charge on any atom is -0.497 e. The number of rotatable bonds is 9. The second-order valence-corrected chi connectivity index (χ2v) is 15.7. The first-order valence-electron chi connectivity index (χ1n) is 12.5. The number of carbonyl (C=O) groups is 2. The summed E-state index contributed by atoms with van der Waals surface area (Å²) < 4.78 is 16.4. The molecule has 1 aliphatic rings. The lowest BCUT2D eigenvalue weighted by atomic mass is 9.97. The molecule has 1 saturated heterocycles. The van der Waals surface area contributed by atoms with E-state index in [1.165, 1.54) is 0 Å². The molecule has 0 radical (unpaired) electrons. The molecule has 1 fully saturated rings. The van der Waals surface area contributed by atoms with E-state index in [0.29, 0.717) is 54.1 Å². The van der Waals surface area contributed by atoms with Gasteiger partial charge in [0.1, 0.15) is 25.8 Å². The highest BCUT2D eigenvalue weighted by Crippen LogP contribution is 2.40. The molecule has 2 rings (SSSR count). The molecule has 2 unspecified atom stereocenters. The van der Waals surface area contributed by atoms with E-state index < -0.39 is 14.3 Å².